The Labute approximate surface area is 155 Å². The maximum absolute atomic E-state index is 13.3. The Balaban J connectivity index is 2.11. The fourth-order valence-corrected chi connectivity index (χ4v) is 6.15. The van der Waals surface area contributed by atoms with Crippen LogP contribution < -0.4 is 0 Å². The number of sulfonamides is 1. The zero-order chi connectivity index (χ0) is 19.4. The lowest BCUT2D eigenvalue weighted by atomic mass is 10.4. The molecule has 0 radical (unpaired) electrons. The minimum absolute atomic E-state index is 0.0458. The van der Waals surface area contributed by atoms with E-state index in [4.69, 9.17) is 0 Å². The van der Waals surface area contributed by atoms with Crippen molar-refractivity contribution in [1.82, 2.24) is 12.9 Å². The number of nitrogens with zero attached hydrogens (tertiary/aromatic N) is 3. The molecule has 0 amide bonds. The number of halogens is 1. The van der Waals surface area contributed by atoms with E-state index in [1.807, 2.05) is 13.8 Å². The molecule has 0 unspecified atom stereocenters. The average Bonchev–Trinajstić information content (AvgIpc) is 2.61. The Morgan fingerprint density at radius 1 is 0.962 bits per heavy atom. The minimum atomic E-state index is -3.84. The fraction of sp³-hybridized carbons (Fsp3) is 0.625. The molecule has 0 aliphatic carbocycles. The van der Waals surface area contributed by atoms with Crippen LogP contribution in [0.15, 0.2) is 29.2 Å². The van der Waals surface area contributed by atoms with Crippen LogP contribution >= 0.6 is 0 Å². The highest BCUT2D eigenvalue weighted by Crippen LogP contribution is 2.20. The molecule has 1 saturated heterocycles. The molecule has 0 saturated carbocycles. The van der Waals surface area contributed by atoms with Crippen molar-refractivity contribution in [3.8, 4) is 0 Å². The number of piperazine rings is 1. The number of hydrogen-bond donors (Lipinski definition) is 0. The van der Waals surface area contributed by atoms with Gasteiger partial charge in [-0.3, -0.25) is 0 Å². The lowest BCUT2D eigenvalue weighted by molar-refractivity contribution is 0.253. The SMILES string of the molecule is CCCN(CCC)S(=O)(=O)N1CCN(S(=O)(=O)c2cccc(F)c2)CC1. The molecule has 1 aliphatic heterocycles. The second-order valence-electron chi connectivity index (χ2n) is 6.17. The van der Waals surface area contributed by atoms with E-state index in [1.165, 1.54) is 31.1 Å². The first kappa shape index (κ1) is 21.2. The number of hydrogen-bond acceptors (Lipinski definition) is 4. The van der Waals surface area contributed by atoms with Gasteiger partial charge < -0.3 is 0 Å². The Morgan fingerprint density at radius 3 is 2.00 bits per heavy atom. The molecule has 7 nitrogen and oxygen atoms in total. The van der Waals surface area contributed by atoms with Gasteiger partial charge in [0, 0.05) is 39.3 Å². The summed E-state index contributed by atoms with van der Waals surface area (Å²) >= 11 is 0. The summed E-state index contributed by atoms with van der Waals surface area (Å²) in [6.07, 6.45) is 1.43. The quantitative estimate of drug-likeness (QED) is 0.654. The van der Waals surface area contributed by atoms with Crippen molar-refractivity contribution in [3.05, 3.63) is 30.1 Å². The topological polar surface area (TPSA) is 78.0 Å². The van der Waals surface area contributed by atoms with E-state index in [-0.39, 0.29) is 31.1 Å². The van der Waals surface area contributed by atoms with Crippen LogP contribution in [0.5, 0.6) is 0 Å². The van der Waals surface area contributed by atoms with E-state index >= 15 is 0 Å². The normalized spacial score (nSPS) is 17.7. The highest BCUT2D eigenvalue weighted by Gasteiger charge is 2.35. The van der Waals surface area contributed by atoms with E-state index in [0.717, 1.165) is 6.07 Å². The van der Waals surface area contributed by atoms with Crippen LogP contribution in [-0.2, 0) is 20.2 Å². The third-order valence-corrected chi connectivity index (χ3v) is 8.16. The first-order valence-electron chi connectivity index (χ1n) is 8.74. The Hall–Kier alpha value is -1.07. The van der Waals surface area contributed by atoms with Crippen molar-refractivity contribution in [2.45, 2.75) is 31.6 Å². The maximum Gasteiger partial charge on any atom is 0.282 e. The predicted octanol–water partition coefficient (Wildman–Crippen LogP) is 1.50. The van der Waals surface area contributed by atoms with Crippen molar-refractivity contribution >= 4 is 20.2 Å². The maximum atomic E-state index is 13.3. The molecule has 0 aromatic heterocycles. The van der Waals surface area contributed by atoms with Crippen LogP contribution in [0.1, 0.15) is 26.7 Å². The zero-order valence-electron chi connectivity index (χ0n) is 15.1. The summed E-state index contributed by atoms with van der Waals surface area (Å²) in [5.41, 5.74) is 0. The average molecular weight is 408 g/mol. The number of benzene rings is 1. The second-order valence-corrected chi connectivity index (χ2v) is 10.0. The smallest absolute Gasteiger partial charge is 0.207 e. The molecule has 148 valence electrons. The molecule has 1 aromatic rings. The summed E-state index contributed by atoms with van der Waals surface area (Å²) in [4.78, 5) is -0.118. The van der Waals surface area contributed by atoms with Gasteiger partial charge in [-0.15, -0.1) is 0 Å². The summed E-state index contributed by atoms with van der Waals surface area (Å²) in [6.45, 7) is 4.98. The van der Waals surface area contributed by atoms with E-state index < -0.39 is 26.0 Å². The summed E-state index contributed by atoms with van der Waals surface area (Å²) < 4.78 is 68.1. The summed E-state index contributed by atoms with van der Waals surface area (Å²) in [7, 11) is -7.44. The highest BCUT2D eigenvalue weighted by molar-refractivity contribution is 7.89. The van der Waals surface area contributed by atoms with Gasteiger partial charge >= 0.3 is 0 Å². The molecule has 1 aliphatic rings. The third kappa shape index (κ3) is 4.61. The molecular formula is C16H26FN3O4S2. The van der Waals surface area contributed by atoms with E-state index in [2.05, 4.69) is 0 Å². The standard InChI is InChI=1S/C16H26FN3O4S2/c1-3-8-19(9-4-2)26(23,24)20-12-10-18(11-13-20)25(21,22)16-7-5-6-15(17)14-16/h5-7,14H,3-4,8-13H2,1-2H3. The van der Waals surface area contributed by atoms with Crippen molar-refractivity contribution in [1.29, 1.82) is 0 Å². The molecule has 0 bridgehead atoms. The van der Waals surface area contributed by atoms with Gasteiger partial charge in [-0.25, -0.2) is 12.8 Å². The Morgan fingerprint density at radius 2 is 1.50 bits per heavy atom. The molecule has 10 heteroatoms. The molecule has 0 atom stereocenters. The minimum Gasteiger partial charge on any atom is -0.207 e. The molecule has 0 spiro atoms. The monoisotopic (exact) mass is 407 g/mol. The van der Waals surface area contributed by atoms with Gasteiger partial charge in [0.2, 0.25) is 10.0 Å². The summed E-state index contributed by atoms with van der Waals surface area (Å²) in [5.74, 6) is -0.623. The van der Waals surface area contributed by atoms with Gasteiger partial charge in [-0.05, 0) is 31.0 Å². The van der Waals surface area contributed by atoms with Crippen molar-refractivity contribution in [2.24, 2.45) is 0 Å². The molecular weight excluding hydrogens is 381 g/mol. The van der Waals surface area contributed by atoms with Crippen LogP contribution in [0.25, 0.3) is 0 Å². The Bertz CT molecular complexity index is 801. The first-order valence-corrected chi connectivity index (χ1v) is 11.6. The van der Waals surface area contributed by atoms with Gasteiger partial charge in [0.1, 0.15) is 5.82 Å². The molecule has 1 fully saturated rings. The van der Waals surface area contributed by atoms with Gasteiger partial charge in [-0.2, -0.15) is 21.3 Å². The van der Waals surface area contributed by atoms with E-state index in [1.54, 1.807) is 0 Å². The van der Waals surface area contributed by atoms with E-state index in [0.29, 0.717) is 25.9 Å². The lowest BCUT2D eigenvalue weighted by Gasteiger charge is -2.36. The zero-order valence-corrected chi connectivity index (χ0v) is 16.8. The van der Waals surface area contributed by atoms with Crippen LogP contribution in [0.2, 0.25) is 0 Å². The van der Waals surface area contributed by atoms with Crippen LogP contribution in [0.4, 0.5) is 4.39 Å². The molecule has 1 heterocycles. The fourth-order valence-electron chi connectivity index (χ4n) is 2.92. The van der Waals surface area contributed by atoms with Gasteiger partial charge in [0.25, 0.3) is 10.2 Å². The lowest BCUT2D eigenvalue weighted by Crippen LogP contribution is -2.54. The number of rotatable bonds is 8. The predicted molar refractivity (Wildman–Crippen MR) is 97.8 cm³/mol. The third-order valence-electron chi connectivity index (χ3n) is 4.23. The van der Waals surface area contributed by atoms with Crippen LogP contribution in [0.3, 0.4) is 0 Å². The summed E-state index contributed by atoms with van der Waals surface area (Å²) in [5, 5.41) is 0. The summed E-state index contributed by atoms with van der Waals surface area (Å²) in [6, 6.07) is 4.84. The molecule has 0 N–H and O–H groups in total. The van der Waals surface area contributed by atoms with Gasteiger partial charge in [0.15, 0.2) is 0 Å². The van der Waals surface area contributed by atoms with Crippen LogP contribution in [-0.4, -0.2) is 69.0 Å². The van der Waals surface area contributed by atoms with E-state index in [9.17, 15) is 21.2 Å². The largest absolute Gasteiger partial charge is 0.282 e. The second kappa shape index (κ2) is 8.75. The Kier molecular flexibility index (Phi) is 7.14. The van der Waals surface area contributed by atoms with Crippen molar-refractivity contribution in [3.63, 3.8) is 0 Å². The highest BCUT2D eigenvalue weighted by atomic mass is 32.2. The molecule has 1 aromatic carbocycles. The molecule has 26 heavy (non-hydrogen) atoms. The van der Waals surface area contributed by atoms with Gasteiger partial charge in [-0.1, -0.05) is 19.9 Å². The first-order chi connectivity index (χ1) is 12.2. The van der Waals surface area contributed by atoms with Crippen molar-refractivity contribution in [2.75, 3.05) is 39.3 Å². The van der Waals surface area contributed by atoms with Crippen molar-refractivity contribution < 1.29 is 21.2 Å². The van der Waals surface area contributed by atoms with Gasteiger partial charge in [0.05, 0.1) is 4.90 Å². The van der Waals surface area contributed by atoms with Crippen LogP contribution in [0, 0.1) is 5.82 Å². The molecule has 2 rings (SSSR count).